The Balaban J connectivity index is 2.22. The molecule has 0 unspecified atom stereocenters. The Bertz CT molecular complexity index is 453. The minimum Gasteiger partial charge on any atom is -0.508 e. The zero-order valence-corrected chi connectivity index (χ0v) is 8.85. The van der Waals surface area contributed by atoms with Crippen molar-refractivity contribution in [1.82, 2.24) is 0 Å². The molecule has 1 aromatic carbocycles. The summed E-state index contributed by atoms with van der Waals surface area (Å²) in [4.78, 5) is 0. The minimum atomic E-state index is 0.280. The Morgan fingerprint density at radius 3 is 2.47 bits per heavy atom. The van der Waals surface area contributed by atoms with E-state index in [0.29, 0.717) is 11.7 Å². The van der Waals surface area contributed by atoms with E-state index in [9.17, 15) is 0 Å². The van der Waals surface area contributed by atoms with E-state index in [1.54, 1.807) is 12.1 Å². The average Bonchev–Trinajstić information content (AvgIpc) is 2.25. The summed E-state index contributed by atoms with van der Waals surface area (Å²) in [6.07, 6.45) is 1.93. The van der Waals surface area contributed by atoms with Crippen LogP contribution in [-0.4, -0.2) is 5.11 Å². The van der Waals surface area contributed by atoms with Gasteiger partial charge in [-0.1, -0.05) is 0 Å². The molecule has 0 spiro atoms. The molecule has 0 bridgehead atoms. The van der Waals surface area contributed by atoms with Crippen LogP contribution in [0.4, 0.5) is 0 Å². The lowest BCUT2D eigenvalue weighted by Gasteiger charge is -1.99. The number of aromatic hydroxyl groups is 1. The van der Waals surface area contributed by atoms with Crippen molar-refractivity contribution in [2.75, 3.05) is 0 Å². The van der Waals surface area contributed by atoms with E-state index in [0.717, 1.165) is 5.56 Å². The van der Waals surface area contributed by atoms with Crippen LogP contribution >= 0.6 is 11.6 Å². The highest BCUT2D eigenvalue weighted by molar-refractivity contribution is 6.28. The first-order valence-electron chi connectivity index (χ1n) is 4.67. The molecule has 0 saturated carbocycles. The quantitative estimate of drug-likeness (QED) is 0.610. The van der Waals surface area contributed by atoms with Gasteiger partial charge in [0.25, 0.3) is 5.15 Å². The number of pyridine rings is 1. The topological polar surface area (TPSA) is 24.1 Å². The smallest absolute Gasteiger partial charge is 0.275 e. The lowest BCUT2D eigenvalue weighted by atomic mass is 10.2. The summed E-state index contributed by atoms with van der Waals surface area (Å²) in [5, 5.41) is 9.84. The van der Waals surface area contributed by atoms with E-state index in [2.05, 4.69) is 0 Å². The summed E-state index contributed by atoms with van der Waals surface area (Å²) < 4.78 is 1.94. The number of phenols is 1. The zero-order chi connectivity index (χ0) is 10.7. The van der Waals surface area contributed by atoms with Crippen LogP contribution in [-0.2, 0) is 6.54 Å². The molecule has 0 radical (unpaired) electrons. The van der Waals surface area contributed by atoms with Crippen LogP contribution < -0.4 is 4.57 Å². The number of hydrogen-bond acceptors (Lipinski definition) is 1. The highest BCUT2D eigenvalue weighted by Crippen LogP contribution is 2.10. The molecule has 1 heterocycles. The predicted octanol–water partition coefficient (Wildman–Crippen LogP) is 2.38. The van der Waals surface area contributed by atoms with Gasteiger partial charge in [-0.05, 0) is 41.9 Å². The van der Waals surface area contributed by atoms with Gasteiger partial charge < -0.3 is 5.11 Å². The van der Waals surface area contributed by atoms with E-state index in [4.69, 9.17) is 16.7 Å². The van der Waals surface area contributed by atoms with Gasteiger partial charge in [-0.15, -0.1) is 0 Å². The van der Waals surface area contributed by atoms with Gasteiger partial charge in [0.1, 0.15) is 5.75 Å². The third-order valence-electron chi connectivity index (χ3n) is 2.17. The lowest BCUT2D eigenvalue weighted by molar-refractivity contribution is -0.686. The van der Waals surface area contributed by atoms with Gasteiger partial charge in [0.05, 0.1) is 0 Å². The molecule has 3 heteroatoms. The maximum atomic E-state index is 9.14. The average molecular weight is 221 g/mol. The Morgan fingerprint density at radius 1 is 1.07 bits per heavy atom. The maximum Gasteiger partial charge on any atom is 0.275 e. The van der Waals surface area contributed by atoms with E-state index in [1.807, 2.05) is 41.1 Å². The monoisotopic (exact) mass is 220 g/mol. The molecule has 2 aromatic rings. The summed E-state index contributed by atoms with van der Waals surface area (Å²) >= 11 is 6.02. The van der Waals surface area contributed by atoms with E-state index in [-0.39, 0.29) is 5.75 Å². The van der Waals surface area contributed by atoms with Crippen molar-refractivity contribution in [2.24, 2.45) is 0 Å². The Labute approximate surface area is 93.4 Å². The molecule has 0 aliphatic rings. The van der Waals surface area contributed by atoms with Crippen molar-refractivity contribution in [3.05, 3.63) is 59.4 Å². The van der Waals surface area contributed by atoms with Gasteiger partial charge in [-0.2, -0.15) is 4.57 Å². The van der Waals surface area contributed by atoms with Crippen LogP contribution in [0.2, 0.25) is 5.15 Å². The van der Waals surface area contributed by atoms with Crippen LogP contribution in [0.1, 0.15) is 5.56 Å². The number of hydrogen-bond donors (Lipinski definition) is 1. The minimum absolute atomic E-state index is 0.280. The Hall–Kier alpha value is -1.54. The lowest BCUT2D eigenvalue weighted by Crippen LogP contribution is -2.34. The van der Waals surface area contributed by atoms with Gasteiger partial charge in [0.2, 0.25) is 0 Å². The van der Waals surface area contributed by atoms with Crippen LogP contribution in [0.3, 0.4) is 0 Å². The zero-order valence-electron chi connectivity index (χ0n) is 8.10. The third kappa shape index (κ3) is 2.48. The van der Waals surface area contributed by atoms with Crippen molar-refractivity contribution < 1.29 is 9.67 Å². The van der Waals surface area contributed by atoms with Crippen molar-refractivity contribution >= 4 is 11.6 Å². The van der Waals surface area contributed by atoms with Crippen molar-refractivity contribution in [2.45, 2.75) is 6.54 Å². The molecule has 2 nitrogen and oxygen atoms in total. The predicted molar refractivity (Wildman–Crippen MR) is 58.9 cm³/mol. The number of aromatic nitrogens is 1. The first kappa shape index (κ1) is 9.99. The van der Waals surface area contributed by atoms with Gasteiger partial charge in [0, 0.05) is 17.7 Å². The summed E-state index contributed by atoms with van der Waals surface area (Å²) in [6.45, 7) is 0.708. The first-order chi connectivity index (χ1) is 7.25. The Morgan fingerprint density at radius 2 is 1.80 bits per heavy atom. The fourth-order valence-corrected chi connectivity index (χ4v) is 1.57. The molecule has 0 saturated heterocycles. The fraction of sp³-hybridized carbons (Fsp3) is 0.0833. The number of rotatable bonds is 2. The van der Waals surface area contributed by atoms with E-state index < -0.39 is 0 Å². The second-order valence-corrected chi connectivity index (χ2v) is 3.70. The van der Waals surface area contributed by atoms with Crippen molar-refractivity contribution in [1.29, 1.82) is 0 Å². The number of phenolic OH excluding ortho intramolecular Hbond substituents is 1. The van der Waals surface area contributed by atoms with E-state index in [1.165, 1.54) is 0 Å². The number of nitrogens with zero attached hydrogens (tertiary/aromatic N) is 1. The van der Waals surface area contributed by atoms with Crippen LogP contribution in [0.5, 0.6) is 5.75 Å². The molecular weight excluding hydrogens is 210 g/mol. The van der Waals surface area contributed by atoms with Gasteiger partial charge in [-0.3, -0.25) is 0 Å². The molecule has 76 valence electrons. The largest absolute Gasteiger partial charge is 0.508 e. The summed E-state index contributed by atoms with van der Waals surface area (Å²) in [6, 6.07) is 12.8. The SMILES string of the molecule is Oc1ccc(C[n+]2ccccc2Cl)cc1. The summed E-state index contributed by atoms with van der Waals surface area (Å²) in [5.41, 5.74) is 1.10. The standard InChI is InChI=1S/C12H10ClNO/c13-12-3-1-2-8-14(12)9-10-4-6-11(15)7-5-10/h1-8H,9H2/p+1. The number of halogens is 1. The van der Waals surface area contributed by atoms with Crippen LogP contribution in [0.15, 0.2) is 48.7 Å². The Kier molecular flexibility index (Phi) is 2.88. The van der Waals surface area contributed by atoms with Gasteiger partial charge in [-0.25, -0.2) is 0 Å². The van der Waals surface area contributed by atoms with Crippen molar-refractivity contribution in [3.8, 4) is 5.75 Å². The summed E-state index contributed by atoms with van der Waals surface area (Å²) in [7, 11) is 0. The number of benzene rings is 1. The fourth-order valence-electron chi connectivity index (χ4n) is 1.38. The molecule has 0 atom stereocenters. The van der Waals surface area contributed by atoms with Gasteiger partial charge in [0.15, 0.2) is 12.7 Å². The highest BCUT2D eigenvalue weighted by Gasteiger charge is 2.06. The maximum absolute atomic E-state index is 9.14. The molecule has 2 rings (SSSR count). The molecule has 1 aromatic heterocycles. The second kappa shape index (κ2) is 4.32. The van der Waals surface area contributed by atoms with Crippen molar-refractivity contribution in [3.63, 3.8) is 0 Å². The molecule has 1 N–H and O–H groups in total. The molecular formula is C12H11ClNO+. The second-order valence-electron chi connectivity index (χ2n) is 3.32. The third-order valence-corrected chi connectivity index (χ3v) is 2.52. The highest BCUT2D eigenvalue weighted by atomic mass is 35.5. The molecule has 15 heavy (non-hydrogen) atoms. The van der Waals surface area contributed by atoms with E-state index >= 15 is 0 Å². The van der Waals surface area contributed by atoms with Crippen LogP contribution in [0.25, 0.3) is 0 Å². The summed E-state index contributed by atoms with van der Waals surface area (Å²) in [5.74, 6) is 0.280. The van der Waals surface area contributed by atoms with Gasteiger partial charge >= 0.3 is 0 Å². The van der Waals surface area contributed by atoms with Crippen LogP contribution in [0, 0.1) is 0 Å². The normalized spacial score (nSPS) is 10.2. The molecule has 0 aliphatic carbocycles. The molecule has 0 amide bonds. The first-order valence-corrected chi connectivity index (χ1v) is 5.05. The molecule has 0 fully saturated rings. The molecule has 0 aliphatic heterocycles.